The van der Waals surface area contributed by atoms with Gasteiger partial charge in [0.1, 0.15) is 0 Å². The van der Waals surface area contributed by atoms with Crippen LogP contribution >= 0.6 is 0 Å². The summed E-state index contributed by atoms with van der Waals surface area (Å²) in [6.45, 7) is 2.40. The molecule has 3 nitrogen and oxygen atoms in total. The summed E-state index contributed by atoms with van der Waals surface area (Å²) in [6.07, 6.45) is 1.77. The van der Waals surface area contributed by atoms with Crippen molar-refractivity contribution in [2.45, 2.75) is 38.9 Å². The van der Waals surface area contributed by atoms with Crippen LogP contribution in [-0.2, 0) is 16.1 Å². The first-order valence-electron chi connectivity index (χ1n) is 5.62. The van der Waals surface area contributed by atoms with E-state index in [4.69, 9.17) is 9.84 Å². The number of hydrogen-bond acceptors (Lipinski definition) is 2. The monoisotopic (exact) mass is 222 g/mol. The minimum atomic E-state index is -0.871. The number of ether oxygens (including phenoxy) is 1. The van der Waals surface area contributed by atoms with Crippen LogP contribution in [0.2, 0.25) is 0 Å². The van der Waals surface area contributed by atoms with Crippen LogP contribution in [0.25, 0.3) is 0 Å². The van der Waals surface area contributed by atoms with Gasteiger partial charge in [-0.3, -0.25) is 0 Å². The number of unbranched alkanes of at least 4 members (excludes halogenated alkanes) is 1. The van der Waals surface area contributed by atoms with Gasteiger partial charge in [-0.1, -0.05) is 50.1 Å². The van der Waals surface area contributed by atoms with Crippen molar-refractivity contribution in [3.8, 4) is 0 Å². The highest BCUT2D eigenvalue weighted by atomic mass is 16.5. The van der Waals surface area contributed by atoms with E-state index in [1.54, 1.807) is 0 Å². The van der Waals surface area contributed by atoms with Crippen LogP contribution in [0, 0.1) is 0 Å². The minimum Gasteiger partial charge on any atom is -0.479 e. The maximum absolute atomic E-state index is 10.9. The van der Waals surface area contributed by atoms with Crippen LogP contribution in [0.1, 0.15) is 31.7 Å². The van der Waals surface area contributed by atoms with Crippen LogP contribution in [0.15, 0.2) is 30.3 Å². The molecule has 0 bridgehead atoms. The Morgan fingerprint density at radius 2 is 2.06 bits per heavy atom. The standard InChI is InChI=1S/C13H18O3/c1-2-3-9-12(13(14)15)16-10-11-7-5-4-6-8-11/h4-8,12H,2-3,9-10H2,1H3,(H,14,15). The van der Waals surface area contributed by atoms with E-state index in [0.29, 0.717) is 13.0 Å². The predicted octanol–water partition coefficient (Wildman–Crippen LogP) is 2.85. The van der Waals surface area contributed by atoms with Gasteiger partial charge in [-0.05, 0) is 12.0 Å². The molecule has 0 fully saturated rings. The molecule has 0 aliphatic carbocycles. The van der Waals surface area contributed by atoms with Crippen LogP contribution < -0.4 is 0 Å². The Labute approximate surface area is 96.1 Å². The fourth-order valence-electron chi connectivity index (χ4n) is 1.44. The van der Waals surface area contributed by atoms with E-state index < -0.39 is 12.1 Å². The summed E-state index contributed by atoms with van der Waals surface area (Å²) in [5, 5.41) is 8.95. The van der Waals surface area contributed by atoms with E-state index >= 15 is 0 Å². The number of carboxylic acid groups (broad SMARTS) is 1. The average molecular weight is 222 g/mol. The molecular formula is C13H18O3. The Morgan fingerprint density at radius 3 is 2.62 bits per heavy atom. The lowest BCUT2D eigenvalue weighted by molar-refractivity contribution is -0.151. The average Bonchev–Trinajstić information content (AvgIpc) is 2.30. The SMILES string of the molecule is CCCCC(OCc1ccccc1)C(=O)O. The van der Waals surface area contributed by atoms with Crippen molar-refractivity contribution in [1.29, 1.82) is 0 Å². The zero-order chi connectivity index (χ0) is 11.8. The molecule has 0 heterocycles. The molecule has 0 aromatic heterocycles. The molecule has 3 heteroatoms. The smallest absolute Gasteiger partial charge is 0.332 e. The first-order chi connectivity index (χ1) is 7.74. The quantitative estimate of drug-likeness (QED) is 0.771. The lowest BCUT2D eigenvalue weighted by atomic mass is 10.1. The predicted molar refractivity (Wildman–Crippen MR) is 62.2 cm³/mol. The third-order valence-electron chi connectivity index (χ3n) is 2.39. The highest BCUT2D eigenvalue weighted by Gasteiger charge is 2.16. The Bertz CT molecular complexity index is 308. The number of rotatable bonds is 7. The van der Waals surface area contributed by atoms with Crippen LogP contribution in [0.5, 0.6) is 0 Å². The van der Waals surface area contributed by atoms with Gasteiger partial charge in [-0.15, -0.1) is 0 Å². The molecule has 1 unspecified atom stereocenters. The van der Waals surface area contributed by atoms with Crippen molar-refractivity contribution >= 4 is 5.97 Å². The molecule has 0 aliphatic rings. The Morgan fingerprint density at radius 1 is 1.38 bits per heavy atom. The Balaban J connectivity index is 2.41. The zero-order valence-corrected chi connectivity index (χ0v) is 9.56. The number of hydrogen-bond donors (Lipinski definition) is 1. The molecule has 1 atom stereocenters. The van der Waals surface area contributed by atoms with Gasteiger partial charge in [0.05, 0.1) is 6.61 Å². The second-order valence-corrected chi connectivity index (χ2v) is 3.77. The summed E-state index contributed by atoms with van der Waals surface area (Å²) in [6, 6.07) is 9.62. The van der Waals surface area contributed by atoms with Gasteiger partial charge in [-0.2, -0.15) is 0 Å². The molecule has 1 rings (SSSR count). The highest BCUT2D eigenvalue weighted by Crippen LogP contribution is 2.09. The largest absolute Gasteiger partial charge is 0.479 e. The molecule has 0 aliphatic heterocycles. The third kappa shape index (κ3) is 4.45. The fourth-order valence-corrected chi connectivity index (χ4v) is 1.44. The van der Waals surface area contributed by atoms with Crippen molar-refractivity contribution in [2.24, 2.45) is 0 Å². The Hall–Kier alpha value is -1.35. The molecule has 0 radical (unpaired) electrons. The molecule has 1 aromatic rings. The van der Waals surface area contributed by atoms with Crippen molar-refractivity contribution in [2.75, 3.05) is 0 Å². The van der Waals surface area contributed by atoms with Gasteiger partial charge in [0.2, 0.25) is 0 Å². The zero-order valence-electron chi connectivity index (χ0n) is 9.56. The van der Waals surface area contributed by atoms with E-state index in [9.17, 15) is 4.79 Å². The first kappa shape index (κ1) is 12.7. The van der Waals surface area contributed by atoms with E-state index in [1.165, 1.54) is 0 Å². The number of carboxylic acids is 1. The normalized spacial score (nSPS) is 12.3. The summed E-state index contributed by atoms with van der Waals surface area (Å²) >= 11 is 0. The minimum absolute atomic E-state index is 0.363. The molecule has 0 spiro atoms. The summed E-state index contributed by atoms with van der Waals surface area (Å²) < 4.78 is 5.39. The van der Waals surface area contributed by atoms with E-state index in [2.05, 4.69) is 0 Å². The molecule has 0 saturated carbocycles. The fraction of sp³-hybridized carbons (Fsp3) is 0.462. The molecule has 0 amide bonds. The van der Waals surface area contributed by atoms with E-state index in [-0.39, 0.29) is 0 Å². The number of benzene rings is 1. The molecular weight excluding hydrogens is 204 g/mol. The topological polar surface area (TPSA) is 46.5 Å². The lowest BCUT2D eigenvalue weighted by Gasteiger charge is -2.13. The van der Waals surface area contributed by atoms with Gasteiger partial charge in [0, 0.05) is 0 Å². The maximum atomic E-state index is 10.9. The van der Waals surface area contributed by atoms with Crippen molar-refractivity contribution in [1.82, 2.24) is 0 Å². The summed E-state index contributed by atoms with van der Waals surface area (Å²) in [5.41, 5.74) is 1.00. The molecule has 0 saturated heterocycles. The number of carbonyl (C=O) groups is 1. The highest BCUT2D eigenvalue weighted by molar-refractivity contribution is 5.72. The van der Waals surface area contributed by atoms with E-state index in [1.807, 2.05) is 37.3 Å². The lowest BCUT2D eigenvalue weighted by Crippen LogP contribution is -2.23. The van der Waals surface area contributed by atoms with Crippen molar-refractivity contribution < 1.29 is 14.6 Å². The maximum Gasteiger partial charge on any atom is 0.332 e. The van der Waals surface area contributed by atoms with Gasteiger partial charge >= 0.3 is 5.97 Å². The Kier molecular flexibility index (Phi) is 5.57. The van der Waals surface area contributed by atoms with E-state index in [0.717, 1.165) is 18.4 Å². The van der Waals surface area contributed by atoms with Crippen LogP contribution in [-0.4, -0.2) is 17.2 Å². The third-order valence-corrected chi connectivity index (χ3v) is 2.39. The second kappa shape index (κ2) is 7.01. The van der Waals surface area contributed by atoms with Gasteiger partial charge in [0.15, 0.2) is 6.10 Å². The van der Waals surface area contributed by atoms with Gasteiger partial charge in [-0.25, -0.2) is 4.79 Å². The number of aliphatic carboxylic acids is 1. The summed E-state index contributed by atoms with van der Waals surface area (Å²) in [7, 11) is 0. The summed E-state index contributed by atoms with van der Waals surface area (Å²) in [5.74, 6) is -0.871. The van der Waals surface area contributed by atoms with Gasteiger partial charge in [0.25, 0.3) is 0 Å². The molecule has 1 aromatic carbocycles. The van der Waals surface area contributed by atoms with Crippen LogP contribution in [0.4, 0.5) is 0 Å². The molecule has 88 valence electrons. The summed E-state index contributed by atoms with van der Waals surface area (Å²) in [4.78, 5) is 10.9. The van der Waals surface area contributed by atoms with Gasteiger partial charge < -0.3 is 9.84 Å². The van der Waals surface area contributed by atoms with Crippen LogP contribution in [0.3, 0.4) is 0 Å². The van der Waals surface area contributed by atoms with Crippen molar-refractivity contribution in [3.05, 3.63) is 35.9 Å². The first-order valence-corrected chi connectivity index (χ1v) is 5.62. The molecule has 16 heavy (non-hydrogen) atoms. The molecule has 1 N–H and O–H groups in total. The second-order valence-electron chi connectivity index (χ2n) is 3.77. The van der Waals surface area contributed by atoms with Crippen molar-refractivity contribution in [3.63, 3.8) is 0 Å².